The molecular formula is C20H25N5. The second-order valence-corrected chi connectivity index (χ2v) is 7.29. The first-order valence-electron chi connectivity index (χ1n) is 9.14. The third kappa shape index (κ3) is 3.11. The molecule has 0 aromatic carbocycles. The molecule has 4 heterocycles. The standard InChI is InChI=1S/C20H25N5/c1-14(2)18-13-20(25-19(22-18)12-15(3)23-25)24-10-6-17(7-11-24)16-4-8-21-9-5-16/h4-5,8-9,12-14,17H,6-7,10-11H2,1-3H3. The van der Waals surface area contributed by atoms with E-state index < -0.39 is 0 Å². The van der Waals surface area contributed by atoms with Crippen LogP contribution >= 0.6 is 0 Å². The molecule has 0 radical (unpaired) electrons. The van der Waals surface area contributed by atoms with E-state index in [1.165, 1.54) is 11.4 Å². The molecule has 0 spiro atoms. The van der Waals surface area contributed by atoms with Gasteiger partial charge in [-0.1, -0.05) is 13.8 Å². The van der Waals surface area contributed by atoms with Gasteiger partial charge in [0.25, 0.3) is 0 Å². The van der Waals surface area contributed by atoms with Crippen LogP contribution in [-0.4, -0.2) is 32.7 Å². The van der Waals surface area contributed by atoms with Crippen LogP contribution in [-0.2, 0) is 0 Å². The number of aromatic nitrogens is 4. The number of piperidine rings is 1. The molecule has 0 atom stereocenters. The lowest BCUT2D eigenvalue weighted by Gasteiger charge is -2.34. The van der Waals surface area contributed by atoms with Gasteiger partial charge in [0.1, 0.15) is 5.82 Å². The zero-order valence-electron chi connectivity index (χ0n) is 15.2. The Morgan fingerprint density at radius 3 is 2.48 bits per heavy atom. The second kappa shape index (κ2) is 6.47. The van der Waals surface area contributed by atoms with Crippen LogP contribution in [0.15, 0.2) is 36.7 Å². The molecular weight excluding hydrogens is 310 g/mol. The van der Waals surface area contributed by atoms with Crippen molar-refractivity contribution in [3.63, 3.8) is 0 Å². The smallest absolute Gasteiger partial charge is 0.157 e. The third-order valence-electron chi connectivity index (χ3n) is 5.14. The van der Waals surface area contributed by atoms with E-state index in [9.17, 15) is 0 Å². The summed E-state index contributed by atoms with van der Waals surface area (Å²) in [5.74, 6) is 2.21. The normalized spacial score (nSPS) is 16.1. The van der Waals surface area contributed by atoms with Crippen molar-refractivity contribution in [1.82, 2.24) is 19.6 Å². The summed E-state index contributed by atoms with van der Waals surface area (Å²) < 4.78 is 2.01. The van der Waals surface area contributed by atoms with Crippen LogP contribution in [0.2, 0.25) is 0 Å². The molecule has 3 aromatic rings. The predicted molar refractivity (Wildman–Crippen MR) is 100 cm³/mol. The maximum atomic E-state index is 4.78. The minimum Gasteiger partial charge on any atom is -0.356 e. The molecule has 0 N–H and O–H groups in total. The van der Waals surface area contributed by atoms with Crippen molar-refractivity contribution in [2.75, 3.05) is 18.0 Å². The lowest BCUT2D eigenvalue weighted by molar-refractivity contribution is 0.499. The highest BCUT2D eigenvalue weighted by atomic mass is 15.3. The Kier molecular flexibility index (Phi) is 4.15. The van der Waals surface area contributed by atoms with Gasteiger partial charge in [0, 0.05) is 43.3 Å². The molecule has 25 heavy (non-hydrogen) atoms. The Hall–Kier alpha value is -2.43. The van der Waals surface area contributed by atoms with Crippen molar-refractivity contribution in [2.24, 2.45) is 0 Å². The Morgan fingerprint density at radius 2 is 1.80 bits per heavy atom. The summed E-state index contributed by atoms with van der Waals surface area (Å²) in [6.07, 6.45) is 6.11. The Labute approximate surface area is 148 Å². The van der Waals surface area contributed by atoms with Gasteiger partial charge < -0.3 is 4.90 Å². The van der Waals surface area contributed by atoms with Crippen LogP contribution in [0.4, 0.5) is 5.82 Å². The number of anilines is 1. The van der Waals surface area contributed by atoms with Crippen molar-refractivity contribution in [3.8, 4) is 0 Å². The van der Waals surface area contributed by atoms with Gasteiger partial charge in [0.05, 0.1) is 5.69 Å². The fraction of sp³-hybridized carbons (Fsp3) is 0.450. The first-order valence-corrected chi connectivity index (χ1v) is 9.14. The van der Waals surface area contributed by atoms with Crippen molar-refractivity contribution in [1.29, 1.82) is 0 Å². The van der Waals surface area contributed by atoms with E-state index in [0.29, 0.717) is 11.8 Å². The van der Waals surface area contributed by atoms with E-state index in [-0.39, 0.29) is 0 Å². The monoisotopic (exact) mass is 335 g/mol. The SMILES string of the molecule is Cc1cc2nc(C(C)C)cc(N3CCC(c4ccncc4)CC3)n2n1. The lowest BCUT2D eigenvalue weighted by Crippen LogP contribution is -2.34. The van der Waals surface area contributed by atoms with Crippen molar-refractivity contribution < 1.29 is 0 Å². The third-order valence-corrected chi connectivity index (χ3v) is 5.14. The first-order chi connectivity index (χ1) is 12.1. The molecule has 1 aliphatic heterocycles. The summed E-state index contributed by atoms with van der Waals surface area (Å²) in [7, 11) is 0. The lowest BCUT2D eigenvalue weighted by atomic mass is 9.90. The van der Waals surface area contributed by atoms with Crippen LogP contribution in [0.5, 0.6) is 0 Å². The number of fused-ring (bicyclic) bond motifs is 1. The van der Waals surface area contributed by atoms with Gasteiger partial charge in [0.15, 0.2) is 5.65 Å². The highest BCUT2D eigenvalue weighted by molar-refractivity contribution is 5.52. The van der Waals surface area contributed by atoms with E-state index in [2.05, 4.69) is 53.1 Å². The summed E-state index contributed by atoms with van der Waals surface area (Å²) in [6, 6.07) is 8.59. The Morgan fingerprint density at radius 1 is 1.08 bits per heavy atom. The average molecular weight is 335 g/mol. The molecule has 3 aromatic heterocycles. The fourth-order valence-corrected chi connectivity index (χ4v) is 3.69. The minimum atomic E-state index is 0.410. The van der Waals surface area contributed by atoms with Gasteiger partial charge in [-0.05, 0) is 49.3 Å². The van der Waals surface area contributed by atoms with Crippen LogP contribution in [0.3, 0.4) is 0 Å². The largest absolute Gasteiger partial charge is 0.356 e. The highest BCUT2D eigenvalue weighted by Gasteiger charge is 2.23. The van der Waals surface area contributed by atoms with E-state index in [1.807, 2.05) is 23.8 Å². The number of nitrogens with zero attached hydrogens (tertiary/aromatic N) is 5. The fourth-order valence-electron chi connectivity index (χ4n) is 3.69. The van der Waals surface area contributed by atoms with Crippen LogP contribution in [0.25, 0.3) is 5.65 Å². The van der Waals surface area contributed by atoms with E-state index in [1.54, 1.807) is 0 Å². The number of pyridine rings is 1. The summed E-state index contributed by atoms with van der Waals surface area (Å²) in [6.45, 7) is 8.51. The zero-order valence-corrected chi connectivity index (χ0v) is 15.2. The Bertz CT molecular complexity index is 860. The van der Waals surface area contributed by atoms with Crippen LogP contribution in [0, 0.1) is 6.92 Å². The summed E-state index contributed by atoms with van der Waals surface area (Å²) in [5, 5.41) is 4.67. The molecule has 4 rings (SSSR count). The summed E-state index contributed by atoms with van der Waals surface area (Å²) >= 11 is 0. The molecule has 0 unspecified atom stereocenters. The quantitative estimate of drug-likeness (QED) is 0.727. The maximum absolute atomic E-state index is 4.78. The number of rotatable bonds is 3. The molecule has 1 saturated heterocycles. The summed E-state index contributed by atoms with van der Waals surface area (Å²) in [4.78, 5) is 11.4. The molecule has 0 amide bonds. The van der Waals surface area contributed by atoms with Gasteiger partial charge >= 0.3 is 0 Å². The molecule has 5 nitrogen and oxygen atoms in total. The van der Waals surface area contributed by atoms with Crippen molar-refractivity contribution in [3.05, 3.63) is 53.6 Å². The van der Waals surface area contributed by atoms with E-state index >= 15 is 0 Å². The molecule has 0 saturated carbocycles. The molecule has 1 fully saturated rings. The van der Waals surface area contributed by atoms with Crippen LogP contribution < -0.4 is 4.90 Å². The highest BCUT2D eigenvalue weighted by Crippen LogP contribution is 2.31. The van der Waals surface area contributed by atoms with E-state index in [0.717, 1.165) is 43.0 Å². The maximum Gasteiger partial charge on any atom is 0.157 e. The van der Waals surface area contributed by atoms with Crippen molar-refractivity contribution >= 4 is 11.5 Å². The summed E-state index contributed by atoms with van der Waals surface area (Å²) in [5.41, 5.74) is 4.52. The molecule has 0 aliphatic carbocycles. The predicted octanol–water partition coefficient (Wildman–Crippen LogP) is 3.94. The van der Waals surface area contributed by atoms with Gasteiger partial charge in [-0.15, -0.1) is 0 Å². The zero-order chi connectivity index (χ0) is 17.4. The van der Waals surface area contributed by atoms with Gasteiger partial charge in [-0.25, -0.2) is 4.98 Å². The molecule has 5 heteroatoms. The van der Waals surface area contributed by atoms with E-state index in [4.69, 9.17) is 4.98 Å². The van der Waals surface area contributed by atoms with Gasteiger partial charge in [-0.3, -0.25) is 4.98 Å². The first kappa shape index (κ1) is 16.1. The van der Waals surface area contributed by atoms with Crippen LogP contribution in [0.1, 0.15) is 55.5 Å². The van der Waals surface area contributed by atoms with Crippen molar-refractivity contribution in [2.45, 2.75) is 45.4 Å². The molecule has 130 valence electrons. The minimum absolute atomic E-state index is 0.410. The molecule has 1 aliphatic rings. The average Bonchev–Trinajstić information content (AvgIpc) is 3.02. The second-order valence-electron chi connectivity index (χ2n) is 7.29. The number of hydrogen-bond acceptors (Lipinski definition) is 4. The topological polar surface area (TPSA) is 46.3 Å². The number of hydrogen-bond donors (Lipinski definition) is 0. The number of aryl methyl sites for hydroxylation is 1. The molecule has 0 bridgehead atoms. The van der Waals surface area contributed by atoms with Gasteiger partial charge in [0.2, 0.25) is 0 Å². The Balaban J connectivity index is 1.62. The van der Waals surface area contributed by atoms with Gasteiger partial charge in [-0.2, -0.15) is 9.61 Å².